The Bertz CT molecular complexity index is 1360. The summed E-state index contributed by atoms with van der Waals surface area (Å²) in [5, 5.41) is 5.54. The third kappa shape index (κ3) is 2.75. The van der Waals surface area contributed by atoms with Gasteiger partial charge in [0.05, 0.1) is 0 Å². The smallest absolute Gasteiger partial charge is 0.00637 e. The maximum Gasteiger partial charge on any atom is -0.00637 e. The third-order valence-electron chi connectivity index (χ3n) is 6.64. The summed E-state index contributed by atoms with van der Waals surface area (Å²) in [6.07, 6.45) is 4.91. The molecule has 5 aromatic rings. The maximum atomic E-state index is 2.48. The van der Waals surface area contributed by atoms with E-state index in [1.54, 1.807) is 11.1 Å². The number of hydrogen-bond acceptors (Lipinski definition) is 0. The molecule has 0 atom stereocenters. The van der Waals surface area contributed by atoms with Crippen molar-refractivity contribution in [3.05, 3.63) is 108 Å². The van der Waals surface area contributed by atoms with Crippen LogP contribution in [0.3, 0.4) is 0 Å². The van der Waals surface area contributed by atoms with E-state index in [-0.39, 0.29) is 0 Å². The fraction of sp³-hybridized carbons (Fsp3) is 0.133. The van der Waals surface area contributed by atoms with Crippen molar-refractivity contribution in [3.63, 3.8) is 0 Å². The van der Waals surface area contributed by atoms with E-state index in [0.717, 1.165) is 0 Å². The molecule has 6 rings (SSSR count). The molecule has 0 amide bonds. The summed E-state index contributed by atoms with van der Waals surface area (Å²) < 4.78 is 0. The summed E-state index contributed by atoms with van der Waals surface area (Å²) in [5.74, 6) is 0. The van der Waals surface area contributed by atoms with Gasteiger partial charge in [-0.2, -0.15) is 0 Å². The Balaban J connectivity index is 1.81. The fourth-order valence-electron chi connectivity index (χ4n) is 5.28. The lowest BCUT2D eigenvalue weighted by Crippen LogP contribution is -2.06. The second kappa shape index (κ2) is 7.15. The third-order valence-corrected chi connectivity index (χ3v) is 6.64. The number of hydrogen-bond donors (Lipinski definition) is 0. The number of rotatable bonds is 2. The van der Waals surface area contributed by atoms with Gasteiger partial charge in [-0.15, -0.1) is 0 Å². The van der Waals surface area contributed by atoms with Crippen LogP contribution in [-0.4, -0.2) is 0 Å². The van der Waals surface area contributed by atoms with E-state index >= 15 is 0 Å². The Hall–Kier alpha value is -3.38. The minimum atomic E-state index is 1.17. The van der Waals surface area contributed by atoms with Crippen LogP contribution in [0.1, 0.15) is 24.0 Å². The maximum absolute atomic E-state index is 2.48. The highest BCUT2D eigenvalue weighted by atomic mass is 14.2. The van der Waals surface area contributed by atoms with Crippen LogP contribution in [0.5, 0.6) is 0 Å². The molecular formula is C30H24. The van der Waals surface area contributed by atoms with Crippen LogP contribution < -0.4 is 0 Å². The molecule has 0 spiro atoms. The summed E-state index contributed by atoms with van der Waals surface area (Å²) in [5.41, 5.74) is 8.59. The number of fused-ring (bicyclic) bond motifs is 5. The van der Waals surface area contributed by atoms with E-state index in [9.17, 15) is 0 Å². The van der Waals surface area contributed by atoms with Gasteiger partial charge in [0.15, 0.2) is 0 Å². The van der Waals surface area contributed by atoms with Gasteiger partial charge < -0.3 is 0 Å². The van der Waals surface area contributed by atoms with Crippen LogP contribution in [0.25, 0.3) is 43.8 Å². The van der Waals surface area contributed by atoms with Crippen molar-refractivity contribution in [2.24, 2.45) is 0 Å². The van der Waals surface area contributed by atoms with E-state index in [1.165, 1.54) is 69.5 Å². The Labute approximate surface area is 177 Å². The van der Waals surface area contributed by atoms with Gasteiger partial charge in [0.25, 0.3) is 0 Å². The van der Waals surface area contributed by atoms with Gasteiger partial charge in [-0.25, -0.2) is 0 Å². The molecule has 0 aliphatic heterocycles. The van der Waals surface area contributed by atoms with E-state index in [1.807, 2.05) is 0 Å². The lowest BCUT2D eigenvalue weighted by Gasteiger charge is -2.25. The molecule has 0 N–H and O–H groups in total. The zero-order valence-electron chi connectivity index (χ0n) is 17.1. The number of aryl methyl sites for hydroxylation is 1. The lowest BCUT2D eigenvalue weighted by molar-refractivity contribution is 0.691. The molecule has 0 unspecified atom stereocenters. The fourth-order valence-corrected chi connectivity index (χ4v) is 5.28. The first-order valence-electron chi connectivity index (χ1n) is 11.0. The minimum Gasteiger partial charge on any atom is -0.0622 e. The van der Waals surface area contributed by atoms with E-state index in [0.29, 0.717) is 0 Å². The quantitative estimate of drug-likeness (QED) is 0.269. The van der Waals surface area contributed by atoms with Crippen LogP contribution >= 0.6 is 0 Å². The summed E-state index contributed by atoms with van der Waals surface area (Å²) in [6, 6.07) is 35.6. The van der Waals surface area contributed by atoms with Crippen molar-refractivity contribution in [2.75, 3.05) is 0 Å². The van der Waals surface area contributed by atoms with E-state index in [4.69, 9.17) is 0 Å². The molecule has 1 aliphatic rings. The van der Waals surface area contributed by atoms with Crippen molar-refractivity contribution in [1.29, 1.82) is 0 Å². The minimum absolute atomic E-state index is 1.17. The largest absolute Gasteiger partial charge is 0.0622 e. The summed E-state index contributed by atoms with van der Waals surface area (Å²) in [7, 11) is 0. The normalized spacial score (nSPS) is 13.5. The highest BCUT2D eigenvalue weighted by molar-refractivity contribution is 6.16. The topological polar surface area (TPSA) is 0 Å². The Morgan fingerprint density at radius 3 is 1.80 bits per heavy atom. The van der Waals surface area contributed by atoms with Crippen LogP contribution in [0.15, 0.2) is 97.1 Å². The highest BCUT2D eigenvalue weighted by Crippen LogP contribution is 2.43. The standard InChI is InChI=1S/C30H24/c1-3-11-21(12-4-1)27-20-29-24-16-8-7-15-23(24)19-28(22-13-5-2-6-14-22)30(29)26-18-10-9-17-25(26)27/h1-8,11-16,19-20H,9-10,17-18H2. The van der Waals surface area contributed by atoms with Gasteiger partial charge in [-0.05, 0) is 92.7 Å². The molecule has 1 aliphatic carbocycles. The Morgan fingerprint density at radius 1 is 0.467 bits per heavy atom. The molecule has 144 valence electrons. The molecular weight excluding hydrogens is 360 g/mol. The molecule has 0 radical (unpaired) electrons. The summed E-state index contributed by atoms with van der Waals surface area (Å²) in [6.45, 7) is 0. The summed E-state index contributed by atoms with van der Waals surface area (Å²) >= 11 is 0. The highest BCUT2D eigenvalue weighted by Gasteiger charge is 2.21. The zero-order chi connectivity index (χ0) is 19.9. The Kier molecular flexibility index (Phi) is 4.16. The van der Waals surface area contributed by atoms with Gasteiger partial charge in [0, 0.05) is 0 Å². The first-order chi connectivity index (χ1) is 14.9. The molecule has 5 aromatic carbocycles. The molecule has 30 heavy (non-hydrogen) atoms. The van der Waals surface area contributed by atoms with Crippen LogP contribution in [-0.2, 0) is 12.8 Å². The number of benzene rings is 5. The van der Waals surface area contributed by atoms with Crippen molar-refractivity contribution in [3.8, 4) is 22.3 Å². The molecule has 0 saturated carbocycles. The first-order valence-corrected chi connectivity index (χ1v) is 11.0. The predicted octanol–water partition coefficient (Wildman–Crippen LogP) is 8.21. The van der Waals surface area contributed by atoms with Gasteiger partial charge in [-0.3, -0.25) is 0 Å². The van der Waals surface area contributed by atoms with Gasteiger partial charge in [0.2, 0.25) is 0 Å². The molecule has 0 aromatic heterocycles. The molecule has 0 bridgehead atoms. The molecule has 0 nitrogen and oxygen atoms in total. The predicted molar refractivity (Wildman–Crippen MR) is 129 cm³/mol. The van der Waals surface area contributed by atoms with Crippen molar-refractivity contribution >= 4 is 21.5 Å². The van der Waals surface area contributed by atoms with E-state index in [2.05, 4.69) is 97.1 Å². The lowest BCUT2D eigenvalue weighted by atomic mass is 9.79. The molecule has 0 heterocycles. The van der Waals surface area contributed by atoms with E-state index < -0.39 is 0 Å². The molecule has 0 fully saturated rings. The first kappa shape index (κ1) is 17.5. The monoisotopic (exact) mass is 384 g/mol. The van der Waals surface area contributed by atoms with Crippen LogP contribution in [0, 0.1) is 0 Å². The zero-order valence-corrected chi connectivity index (χ0v) is 17.1. The van der Waals surface area contributed by atoms with Crippen molar-refractivity contribution in [1.82, 2.24) is 0 Å². The Morgan fingerprint density at radius 2 is 1.07 bits per heavy atom. The van der Waals surface area contributed by atoms with Crippen LogP contribution in [0.4, 0.5) is 0 Å². The second-order valence-corrected chi connectivity index (χ2v) is 8.39. The van der Waals surface area contributed by atoms with Gasteiger partial charge in [-0.1, -0.05) is 84.9 Å². The average Bonchev–Trinajstić information content (AvgIpc) is 2.84. The molecule has 0 heteroatoms. The molecule has 0 saturated heterocycles. The van der Waals surface area contributed by atoms with Crippen molar-refractivity contribution in [2.45, 2.75) is 25.7 Å². The summed E-state index contributed by atoms with van der Waals surface area (Å²) in [4.78, 5) is 0. The second-order valence-electron chi connectivity index (χ2n) is 8.39. The van der Waals surface area contributed by atoms with Gasteiger partial charge in [0.1, 0.15) is 0 Å². The van der Waals surface area contributed by atoms with Gasteiger partial charge >= 0.3 is 0 Å². The van der Waals surface area contributed by atoms with Crippen molar-refractivity contribution < 1.29 is 0 Å². The SMILES string of the molecule is c1ccc(-c2cc3c(c(-c4ccccc4)cc4ccccc43)c3c2CCCC3)cc1. The van der Waals surface area contributed by atoms with Crippen LogP contribution in [0.2, 0.25) is 0 Å². The average molecular weight is 385 g/mol.